The quantitative estimate of drug-likeness (QED) is 0.742. The van der Waals surface area contributed by atoms with Crippen molar-refractivity contribution in [1.82, 2.24) is 5.32 Å². The van der Waals surface area contributed by atoms with E-state index in [0.29, 0.717) is 6.04 Å². The van der Waals surface area contributed by atoms with Gasteiger partial charge in [-0.3, -0.25) is 0 Å². The number of hydrogen-bond donors (Lipinski definition) is 1. The highest BCUT2D eigenvalue weighted by Gasteiger charge is 2.30. The first-order chi connectivity index (χ1) is 9.06. The molecule has 108 valence electrons. The van der Waals surface area contributed by atoms with Crippen molar-refractivity contribution >= 4 is 0 Å². The van der Waals surface area contributed by atoms with Gasteiger partial charge in [0.15, 0.2) is 0 Å². The Morgan fingerprint density at radius 3 is 2.42 bits per heavy atom. The molecule has 0 amide bonds. The van der Waals surface area contributed by atoms with Crippen LogP contribution >= 0.6 is 0 Å². The molecule has 0 heterocycles. The fraction of sp³-hybridized carbons (Fsp3) is 0.647. The number of nitrogens with one attached hydrogen (secondary N) is 1. The molecule has 0 saturated carbocycles. The summed E-state index contributed by atoms with van der Waals surface area (Å²) < 4.78 is 5.91. The lowest BCUT2D eigenvalue weighted by atomic mass is 9.78. The molecule has 0 fully saturated rings. The molecule has 0 radical (unpaired) electrons. The lowest BCUT2D eigenvalue weighted by Crippen LogP contribution is -2.34. The molecule has 0 spiro atoms. The van der Waals surface area contributed by atoms with Crippen LogP contribution < -0.4 is 10.1 Å². The van der Waals surface area contributed by atoms with Gasteiger partial charge in [0.2, 0.25) is 0 Å². The molecule has 0 aliphatic carbocycles. The molecule has 1 atom stereocenters. The minimum atomic E-state index is 0.210. The van der Waals surface area contributed by atoms with E-state index in [9.17, 15) is 0 Å². The molecule has 1 aromatic rings. The summed E-state index contributed by atoms with van der Waals surface area (Å²) >= 11 is 0. The monoisotopic (exact) mass is 263 g/mol. The van der Waals surface area contributed by atoms with Crippen LogP contribution in [0, 0.1) is 5.41 Å². The van der Waals surface area contributed by atoms with Crippen LogP contribution in [0.5, 0.6) is 5.75 Å². The normalized spacial score (nSPS) is 13.3. The summed E-state index contributed by atoms with van der Waals surface area (Å²) in [6.07, 6.45) is 2.17. The van der Waals surface area contributed by atoms with E-state index in [0.717, 1.165) is 31.7 Å². The minimum absolute atomic E-state index is 0.210. The fourth-order valence-electron chi connectivity index (χ4n) is 2.28. The number of para-hydroxylation sites is 1. The van der Waals surface area contributed by atoms with Crippen LogP contribution in [0.15, 0.2) is 24.3 Å². The predicted octanol–water partition coefficient (Wildman–Crippen LogP) is 4.56. The van der Waals surface area contributed by atoms with Crippen LogP contribution in [0.1, 0.15) is 59.1 Å². The molecule has 2 nitrogen and oxygen atoms in total. The summed E-state index contributed by atoms with van der Waals surface area (Å²) in [7, 11) is 0. The number of rotatable bonds is 8. The molecule has 0 aliphatic heterocycles. The smallest absolute Gasteiger partial charge is 0.124 e. The minimum Gasteiger partial charge on any atom is -0.493 e. The van der Waals surface area contributed by atoms with Crippen LogP contribution in [0.4, 0.5) is 0 Å². The van der Waals surface area contributed by atoms with Crippen molar-refractivity contribution in [3.05, 3.63) is 29.8 Å². The largest absolute Gasteiger partial charge is 0.493 e. The van der Waals surface area contributed by atoms with Crippen LogP contribution in [0.2, 0.25) is 0 Å². The van der Waals surface area contributed by atoms with Gasteiger partial charge in [0.05, 0.1) is 6.61 Å². The van der Waals surface area contributed by atoms with E-state index >= 15 is 0 Å². The van der Waals surface area contributed by atoms with E-state index in [2.05, 4.69) is 64.2 Å². The van der Waals surface area contributed by atoms with E-state index in [1.54, 1.807) is 0 Å². The first kappa shape index (κ1) is 16.0. The molecule has 0 aromatic heterocycles. The van der Waals surface area contributed by atoms with Gasteiger partial charge in [-0.1, -0.05) is 52.8 Å². The van der Waals surface area contributed by atoms with Crippen LogP contribution in [0.3, 0.4) is 0 Å². The summed E-state index contributed by atoms with van der Waals surface area (Å²) in [5.74, 6) is 1.02. The summed E-state index contributed by atoms with van der Waals surface area (Å²) in [6, 6.07) is 8.76. The second-order valence-electron chi connectivity index (χ2n) is 5.72. The Morgan fingerprint density at radius 2 is 1.84 bits per heavy atom. The van der Waals surface area contributed by atoms with Crippen LogP contribution in [0.25, 0.3) is 0 Å². The Hall–Kier alpha value is -1.02. The van der Waals surface area contributed by atoms with Crippen molar-refractivity contribution in [2.45, 2.75) is 53.5 Å². The Bertz CT molecular complexity index is 373. The average Bonchev–Trinajstić information content (AvgIpc) is 2.43. The summed E-state index contributed by atoms with van der Waals surface area (Å²) in [5, 5.41) is 3.63. The average molecular weight is 263 g/mol. The third-order valence-electron chi connectivity index (χ3n) is 3.79. The van der Waals surface area contributed by atoms with Crippen LogP contribution in [-0.4, -0.2) is 13.2 Å². The SMILES string of the molecule is CCCOc1ccccc1C(NCC)C(C)(C)CC. The lowest BCUT2D eigenvalue weighted by Gasteiger charge is -2.35. The van der Waals surface area contributed by atoms with Crippen molar-refractivity contribution < 1.29 is 4.74 Å². The summed E-state index contributed by atoms with van der Waals surface area (Å²) in [4.78, 5) is 0. The Balaban J connectivity index is 3.07. The number of ether oxygens (including phenoxy) is 1. The van der Waals surface area contributed by atoms with Gasteiger partial charge in [-0.15, -0.1) is 0 Å². The molecular weight excluding hydrogens is 234 g/mol. The van der Waals surface area contributed by atoms with Gasteiger partial charge in [-0.25, -0.2) is 0 Å². The number of benzene rings is 1. The van der Waals surface area contributed by atoms with E-state index in [1.807, 2.05) is 0 Å². The number of hydrogen-bond acceptors (Lipinski definition) is 2. The van der Waals surface area contributed by atoms with E-state index < -0.39 is 0 Å². The maximum atomic E-state index is 5.91. The van der Waals surface area contributed by atoms with Gasteiger partial charge < -0.3 is 10.1 Å². The Kier molecular flexibility index (Phi) is 6.36. The molecular formula is C17H29NO. The zero-order valence-corrected chi connectivity index (χ0v) is 13.1. The first-order valence-corrected chi connectivity index (χ1v) is 7.51. The van der Waals surface area contributed by atoms with Crippen molar-refractivity contribution in [1.29, 1.82) is 0 Å². The predicted molar refractivity (Wildman–Crippen MR) is 82.7 cm³/mol. The molecule has 19 heavy (non-hydrogen) atoms. The Labute approximate surface area is 118 Å². The zero-order chi connectivity index (χ0) is 14.3. The Morgan fingerprint density at radius 1 is 1.16 bits per heavy atom. The second-order valence-corrected chi connectivity index (χ2v) is 5.72. The van der Waals surface area contributed by atoms with Crippen molar-refractivity contribution in [2.75, 3.05) is 13.2 Å². The highest BCUT2D eigenvalue weighted by Crippen LogP contribution is 2.39. The van der Waals surface area contributed by atoms with Crippen molar-refractivity contribution in [3.63, 3.8) is 0 Å². The van der Waals surface area contributed by atoms with E-state index in [4.69, 9.17) is 4.74 Å². The maximum absolute atomic E-state index is 5.91. The summed E-state index contributed by atoms with van der Waals surface area (Å²) in [5.41, 5.74) is 1.49. The molecule has 0 saturated heterocycles. The highest BCUT2D eigenvalue weighted by molar-refractivity contribution is 5.37. The van der Waals surface area contributed by atoms with Gasteiger partial charge in [0.25, 0.3) is 0 Å². The van der Waals surface area contributed by atoms with Crippen LogP contribution in [-0.2, 0) is 0 Å². The lowest BCUT2D eigenvalue weighted by molar-refractivity contribution is 0.227. The van der Waals surface area contributed by atoms with Gasteiger partial charge in [-0.2, -0.15) is 0 Å². The zero-order valence-electron chi connectivity index (χ0n) is 13.1. The first-order valence-electron chi connectivity index (χ1n) is 7.51. The van der Waals surface area contributed by atoms with E-state index in [-0.39, 0.29) is 5.41 Å². The van der Waals surface area contributed by atoms with Gasteiger partial charge in [0, 0.05) is 11.6 Å². The molecule has 2 heteroatoms. The van der Waals surface area contributed by atoms with Crippen molar-refractivity contribution in [3.8, 4) is 5.75 Å². The molecule has 1 N–H and O–H groups in total. The third-order valence-corrected chi connectivity index (χ3v) is 3.79. The molecule has 1 unspecified atom stereocenters. The highest BCUT2D eigenvalue weighted by atomic mass is 16.5. The molecule has 1 rings (SSSR count). The van der Waals surface area contributed by atoms with E-state index in [1.165, 1.54) is 5.56 Å². The molecule has 0 bridgehead atoms. The van der Waals surface area contributed by atoms with Crippen molar-refractivity contribution in [2.24, 2.45) is 5.41 Å². The van der Waals surface area contributed by atoms with Gasteiger partial charge in [-0.05, 0) is 30.9 Å². The standard InChI is InChI=1S/C17H29NO/c1-6-13-19-15-12-10-9-11-14(15)16(18-8-3)17(4,5)7-2/h9-12,16,18H,6-8,13H2,1-5H3. The molecule has 1 aromatic carbocycles. The maximum Gasteiger partial charge on any atom is 0.124 e. The third kappa shape index (κ3) is 4.24. The fourth-order valence-corrected chi connectivity index (χ4v) is 2.28. The van der Waals surface area contributed by atoms with Gasteiger partial charge >= 0.3 is 0 Å². The summed E-state index contributed by atoms with van der Waals surface area (Å²) in [6.45, 7) is 12.9. The topological polar surface area (TPSA) is 21.3 Å². The molecule has 0 aliphatic rings. The second kappa shape index (κ2) is 7.54. The van der Waals surface area contributed by atoms with Gasteiger partial charge in [0.1, 0.15) is 5.75 Å².